The van der Waals surface area contributed by atoms with Gasteiger partial charge in [-0.1, -0.05) is 24.3 Å². The van der Waals surface area contributed by atoms with E-state index < -0.39 is 5.78 Å². The highest BCUT2D eigenvalue weighted by molar-refractivity contribution is 6.23. The van der Waals surface area contributed by atoms with Gasteiger partial charge in [-0.05, 0) is 24.3 Å². The van der Waals surface area contributed by atoms with Gasteiger partial charge in [0.05, 0.1) is 11.4 Å². The lowest BCUT2D eigenvalue weighted by Gasteiger charge is -1.92. The highest BCUT2D eigenvalue weighted by atomic mass is 16.3. The number of phenols is 2. The first-order chi connectivity index (χ1) is 9.88. The summed E-state index contributed by atoms with van der Waals surface area (Å²) in [5.74, 6) is -0.134. The van der Waals surface area contributed by atoms with Crippen molar-refractivity contribution in [3.8, 4) is 11.5 Å². The second-order valence-corrected chi connectivity index (χ2v) is 3.85. The van der Waals surface area contributed by atoms with E-state index in [1.54, 1.807) is 48.5 Å². The van der Waals surface area contributed by atoms with Gasteiger partial charge in [0.2, 0.25) is 0 Å². The van der Waals surface area contributed by atoms with Crippen LogP contribution in [0, 0.1) is 0 Å². The van der Waals surface area contributed by atoms with Gasteiger partial charge in [0.1, 0.15) is 11.5 Å². The smallest absolute Gasteiger partial charge is 0.192 e. The molecule has 0 unspecified atom stereocenters. The number of carbonyl (C=O) groups is 2. The maximum absolute atomic E-state index is 9.44. The summed E-state index contributed by atoms with van der Waals surface area (Å²) in [6.07, 6.45) is 0.278. The molecule has 6 heteroatoms. The molecule has 112 valence electrons. The summed E-state index contributed by atoms with van der Waals surface area (Å²) in [5, 5.41) is 17.6. The van der Waals surface area contributed by atoms with E-state index in [-0.39, 0.29) is 17.8 Å². The number of aldehydes is 1. The normalized spacial score (nSPS) is 8.43. The summed E-state index contributed by atoms with van der Waals surface area (Å²) in [5.41, 5.74) is 11.4. The summed E-state index contributed by atoms with van der Waals surface area (Å²) in [6, 6.07) is 13.4. The van der Waals surface area contributed by atoms with Crippen LogP contribution in [0.25, 0.3) is 0 Å². The minimum atomic E-state index is -0.426. The average Bonchev–Trinajstić information content (AvgIpc) is 2.47. The third-order valence-electron chi connectivity index (χ3n) is 2.04. The van der Waals surface area contributed by atoms with E-state index in [0.29, 0.717) is 11.4 Å². The van der Waals surface area contributed by atoms with E-state index in [9.17, 15) is 4.79 Å². The molecule has 0 aromatic heterocycles. The minimum absolute atomic E-state index is 0.146. The molecule has 0 aliphatic rings. The van der Waals surface area contributed by atoms with Gasteiger partial charge < -0.3 is 21.7 Å². The molecular weight excluding hydrogens is 272 g/mol. The first-order valence-corrected chi connectivity index (χ1v) is 5.91. The van der Waals surface area contributed by atoms with E-state index in [4.69, 9.17) is 26.5 Å². The van der Waals surface area contributed by atoms with Crippen molar-refractivity contribution in [1.29, 1.82) is 0 Å². The fourth-order valence-corrected chi connectivity index (χ4v) is 0.975. The molecule has 6 N–H and O–H groups in total. The number of hydrogen-bond donors (Lipinski definition) is 4. The monoisotopic (exact) mass is 290 g/mol. The number of Topliss-reactive ketones (excluding diaryl/α,β-unsaturated/α-hetero) is 1. The Morgan fingerprint density at radius 1 is 0.905 bits per heavy atom. The lowest BCUT2D eigenvalue weighted by molar-refractivity contribution is -0.128. The molecule has 0 atom stereocenters. The number of benzene rings is 2. The SMILES string of the molecule is CC(=O)C=O.Nc1ccccc1O.Nc1ccccc1O. The fraction of sp³-hybridized carbons (Fsp3) is 0.0667. The van der Waals surface area contributed by atoms with Gasteiger partial charge in [-0.15, -0.1) is 0 Å². The van der Waals surface area contributed by atoms with Crippen molar-refractivity contribution < 1.29 is 19.8 Å². The molecule has 2 rings (SSSR count). The first kappa shape index (κ1) is 18.0. The molecule has 2 aromatic rings. The number of aromatic hydroxyl groups is 2. The maximum atomic E-state index is 9.44. The van der Waals surface area contributed by atoms with Crippen LogP contribution in [0.15, 0.2) is 48.5 Å². The molecule has 2 aromatic carbocycles. The molecule has 0 saturated carbocycles. The third kappa shape index (κ3) is 8.66. The number of para-hydroxylation sites is 4. The zero-order chi connectivity index (χ0) is 16.3. The Balaban J connectivity index is 0.000000296. The number of phenolic OH excluding ortho intramolecular Hbond substituents is 2. The van der Waals surface area contributed by atoms with Crippen molar-refractivity contribution >= 4 is 23.4 Å². The van der Waals surface area contributed by atoms with Crippen molar-refractivity contribution in [2.45, 2.75) is 6.92 Å². The van der Waals surface area contributed by atoms with Gasteiger partial charge in [0.25, 0.3) is 0 Å². The van der Waals surface area contributed by atoms with Gasteiger partial charge in [-0.3, -0.25) is 9.59 Å². The van der Waals surface area contributed by atoms with E-state index >= 15 is 0 Å². The summed E-state index contributed by atoms with van der Waals surface area (Å²) < 4.78 is 0. The molecule has 0 saturated heterocycles. The number of nitrogens with two attached hydrogens (primary N) is 2. The van der Waals surface area contributed by atoms with Crippen LogP contribution in [0.2, 0.25) is 0 Å². The van der Waals surface area contributed by atoms with Gasteiger partial charge >= 0.3 is 0 Å². The second kappa shape index (κ2) is 9.85. The summed E-state index contributed by atoms with van der Waals surface area (Å²) in [6.45, 7) is 1.22. The van der Waals surface area contributed by atoms with Crippen LogP contribution in [0.1, 0.15) is 6.92 Å². The molecule has 0 aliphatic carbocycles. The Kier molecular flexibility index (Phi) is 8.43. The molecule has 0 heterocycles. The van der Waals surface area contributed by atoms with E-state index in [0.717, 1.165) is 0 Å². The van der Waals surface area contributed by atoms with Crippen molar-refractivity contribution in [2.24, 2.45) is 0 Å². The predicted molar refractivity (Wildman–Crippen MR) is 81.8 cm³/mol. The van der Waals surface area contributed by atoms with Crippen LogP contribution in [0.4, 0.5) is 11.4 Å². The van der Waals surface area contributed by atoms with Crippen LogP contribution >= 0.6 is 0 Å². The zero-order valence-electron chi connectivity index (χ0n) is 11.6. The molecule has 6 nitrogen and oxygen atoms in total. The minimum Gasteiger partial charge on any atom is -0.506 e. The van der Waals surface area contributed by atoms with Crippen LogP contribution in [-0.2, 0) is 9.59 Å². The number of carbonyl (C=O) groups excluding carboxylic acids is 2. The van der Waals surface area contributed by atoms with Crippen LogP contribution < -0.4 is 11.5 Å². The summed E-state index contributed by atoms with van der Waals surface area (Å²) in [7, 11) is 0. The Labute approximate surface area is 122 Å². The second-order valence-electron chi connectivity index (χ2n) is 3.85. The number of anilines is 2. The van der Waals surface area contributed by atoms with E-state index in [2.05, 4.69) is 0 Å². The molecule has 0 radical (unpaired) electrons. The van der Waals surface area contributed by atoms with Gasteiger partial charge in [-0.25, -0.2) is 0 Å². The molecular formula is C15H18N2O4. The lowest BCUT2D eigenvalue weighted by Crippen LogP contribution is -1.85. The van der Waals surface area contributed by atoms with E-state index in [1.165, 1.54) is 6.92 Å². The average molecular weight is 290 g/mol. The number of ketones is 1. The fourth-order valence-electron chi connectivity index (χ4n) is 0.975. The van der Waals surface area contributed by atoms with Crippen molar-refractivity contribution in [1.82, 2.24) is 0 Å². The summed E-state index contributed by atoms with van der Waals surface area (Å²) in [4.78, 5) is 18.6. The Morgan fingerprint density at radius 3 is 1.33 bits per heavy atom. The molecule has 0 spiro atoms. The number of rotatable bonds is 1. The molecule has 0 aliphatic heterocycles. The van der Waals surface area contributed by atoms with Crippen molar-refractivity contribution in [2.75, 3.05) is 11.5 Å². The first-order valence-electron chi connectivity index (χ1n) is 5.91. The lowest BCUT2D eigenvalue weighted by atomic mass is 10.3. The predicted octanol–water partition coefficient (Wildman–Crippen LogP) is 1.72. The largest absolute Gasteiger partial charge is 0.506 e. The van der Waals surface area contributed by atoms with Gasteiger partial charge in [0, 0.05) is 6.92 Å². The van der Waals surface area contributed by atoms with Crippen LogP contribution in [0.5, 0.6) is 11.5 Å². The van der Waals surface area contributed by atoms with Gasteiger partial charge in [0.15, 0.2) is 12.1 Å². The zero-order valence-corrected chi connectivity index (χ0v) is 11.6. The number of hydrogen-bond acceptors (Lipinski definition) is 6. The Morgan fingerprint density at radius 2 is 1.19 bits per heavy atom. The van der Waals surface area contributed by atoms with Crippen molar-refractivity contribution in [3.63, 3.8) is 0 Å². The van der Waals surface area contributed by atoms with Crippen molar-refractivity contribution in [3.05, 3.63) is 48.5 Å². The maximum Gasteiger partial charge on any atom is 0.192 e. The molecule has 21 heavy (non-hydrogen) atoms. The Hall–Kier alpha value is -3.02. The topological polar surface area (TPSA) is 127 Å². The standard InChI is InChI=1S/2C6H7NO.C3H4O2/c2*7-5-3-1-2-4-6(5)8;1-3(5)2-4/h2*1-4,8H,7H2;2H,1H3. The highest BCUT2D eigenvalue weighted by Crippen LogP contribution is 2.16. The quantitative estimate of drug-likeness (QED) is 0.274. The van der Waals surface area contributed by atoms with Crippen LogP contribution in [0.3, 0.4) is 0 Å². The molecule has 0 fully saturated rings. The van der Waals surface area contributed by atoms with Crippen LogP contribution in [-0.4, -0.2) is 22.3 Å². The Bertz CT molecular complexity index is 500. The van der Waals surface area contributed by atoms with Gasteiger partial charge in [-0.2, -0.15) is 0 Å². The number of nitrogen functional groups attached to an aromatic ring is 2. The van der Waals surface area contributed by atoms with E-state index in [1.807, 2.05) is 0 Å². The third-order valence-corrected chi connectivity index (χ3v) is 2.04. The molecule has 0 amide bonds. The molecule has 0 bridgehead atoms. The highest BCUT2D eigenvalue weighted by Gasteiger charge is 1.88. The summed E-state index contributed by atoms with van der Waals surface area (Å²) >= 11 is 0.